The second-order valence-electron chi connectivity index (χ2n) is 9.17. The molecule has 0 atom stereocenters. The van der Waals surface area contributed by atoms with Gasteiger partial charge in [0.1, 0.15) is 0 Å². The molecule has 198 valence electrons. The summed E-state index contributed by atoms with van der Waals surface area (Å²) in [5.74, 6) is 0. The van der Waals surface area contributed by atoms with Crippen molar-refractivity contribution in [3.8, 4) is 42.3 Å². The standard InChI is InChI=1S/C30H32N2O3S3/c1-5-27(36-21-1)23-7-9-25-29-11-12-30(38-29)26-10-8-24(28-6-2-22-37-28)32(26)14-4-16-34-18-20-35-19-17-33-15-3-13-31(23)25/h1-2,5-12,21-22H,3-4,13-20H2. The monoisotopic (exact) mass is 564 g/mol. The molecule has 6 heterocycles. The van der Waals surface area contributed by atoms with Gasteiger partial charge < -0.3 is 23.3 Å². The summed E-state index contributed by atoms with van der Waals surface area (Å²) < 4.78 is 22.4. The van der Waals surface area contributed by atoms with Crippen LogP contribution in [0.1, 0.15) is 12.8 Å². The zero-order chi connectivity index (χ0) is 25.6. The first-order valence-electron chi connectivity index (χ1n) is 13.2. The number of ether oxygens (including phenoxy) is 3. The zero-order valence-electron chi connectivity index (χ0n) is 21.3. The van der Waals surface area contributed by atoms with E-state index in [-0.39, 0.29) is 0 Å². The molecule has 1 aliphatic heterocycles. The van der Waals surface area contributed by atoms with E-state index >= 15 is 0 Å². The van der Waals surface area contributed by atoms with Crippen LogP contribution >= 0.6 is 34.0 Å². The Morgan fingerprint density at radius 3 is 1.32 bits per heavy atom. The van der Waals surface area contributed by atoms with Crippen LogP contribution in [0, 0.1) is 0 Å². The molecule has 1 aliphatic rings. The van der Waals surface area contributed by atoms with E-state index in [1.807, 2.05) is 11.3 Å². The lowest BCUT2D eigenvalue weighted by atomic mass is 10.3. The molecule has 0 saturated carbocycles. The van der Waals surface area contributed by atoms with Crippen LogP contribution in [0.3, 0.4) is 0 Å². The summed E-state index contributed by atoms with van der Waals surface area (Å²) >= 11 is 5.46. The Morgan fingerprint density at radius 1 is 0.474 bits per heavy atom. The topological polar surface area (TPSA) is 37.6 Å². The van der Waals surface area contributed by atoms with Crippen molar-refractivity contribution in [2.24, 2.45) is 0 Å². The maximum Gasteiger partial charge on any atom is 0.0701 e. The van der Waals surface area contributed by atoms with Gasteiger partial charge in [-0.2, -0.15) is 0 Å². The highest BCUT2D eigenvalue weighted by molar-refractivity contribution is 7.18. The fourth-order valence-corrected chi connectivity index (χ4v) is 7.53. The molecule has 0 N–H and O–H groups in total. The van der Waals surface area contributed by atoms with Gasteiger partial charge in [0.25, 0.3) is 0 Å². The number of fused-ring (bicyclic) bond motifs is 6. The molecule has 0 saturated heterocycles. The molecule has 0 radical (unpaired) electrons. The molecular formula is C30H32N2O3S3. The minimum Gasteiger partial charge on any atom is -0.379 e. The van der Waals surface area contributed by atoms with Crippen LogP contribution in [-0.4, -0.2) is 48.8 Å². The van der Waals surface area contributed by atoms with Gasteiger partial charge in [0.2, 0.25) is 0 Å². The summed E-state index contributed by atoms with van der Waals surface area (Å²) in [7, 11) is 0. The van der Waals surface area contributed by atoms with E-state index in [2.05, 4.69) is 80.6 Å². The van der Waals surface area contributed by atoms with Gasteiger partial charge in [-0.15, -0.1) is 34.0 Å². The van der Waals surface area contributed by atoms with E-state index in [1.165, 1.54) is 42.3 Å². The summed E-state index contributed by atoms with van der Waals surface area (Å²) in [5, 5.41) is 4.30. The Labute approximate surface area is 235 Å². The average molecular weight is 565 g/mol. The van der Waals surface area contributed by atoms with Gasteiger partial charge in [0, 0.05) is 26.3 Å². The van der Waals surface area contributed by atoms with E-state index < -0.39 is 0 Å². The largest absolute Gasteiger partial charge is 0.379 e. The fourth-order valence-electron chi connectivity index (χ4n) is 4.93. The Morgan fingerprint density at radius 2 is 0.895 bits per heavy atom. The molecule has 8 heteroatoms. The van der Waals surface area contributed by atoms with Gasteiger partial charge in [-0.1, -0.05) is 12.1 Å². The smallest absolute Gasteiger partial charge is 0.0701 e. The van der Waals surface area contributed by atoms with Gasteiger partial charge in [-0.25, -0.2) is 0 Å². The molecule has 2 bridgehead atoms. The van der Waals surface area contributed by atoms with E-state index in [4.69, 9.17) is 14.2 Å². The van der Waals surface area contributed by atoms with Crippen LogP contribution < -0.4 is 0 Å². The fraction of sp³-hybridized carbons (Fsp3) is 0.333. The summed E-state index contributed by atoms with van der Waals surface area (Å²) in [6, 6.07) is 22.3. The second-order valence-corrected chi connectivity index (χ2v) is 12.2. The third kappa shape index (κ3) is 5.76. The van der Waals surface area contributed by atoms with E-state index in [0.29, 0.717) is 26.4 Å². The normalized spacial score (nSPS) is 16.1. The predicted octanol–water partition coefficient (Wildman–Crippen LogP) is 7.99. The number of thiophene rings is 3. The van der Waals surface area contributed by atoms with Crippen molar-refractivity contribution in [3.63, 3.8) is 0 Å². The minimum atomic E-state index is 0.605. The van der Waals surface area contributed by atoms with Gasteiger partial charge >= 0.3 is 0 Å². The van der Waals surface area contributed by atoms with Crippen LogP contribution in [0.4, 0.5) is 0 Å². The summed E-state index contributed by atoms with van der Waals surface area (Å²) in [5.41, 5.74) is 5.09. The lowest BCUT2D eigenvalue weighted by Crippen LogP contribution is -2.12. The first-order valence-corrected chi connectivity index (χ1v) is 15.8. The number of hydrogen-bond acceptors (Lipinski definition) is 6. The Hall–Kier alpha value is -2.46. The third-order valence-corrected chi connectivity index (χ3v) is 9.62. The van der Waals surface area contributed by atoms with Crippen molar-refractivity contribution in [2.45, 2.75) is 25.9 Å². The van der Waals surface area contributed by atoms with Crippen molar-refractivity contribution in [1.82, 2.24) is 9.13 Å². The zero-order valence-corrected chi connectivity index (χ0v) is 23.8. The molecule has 0 unspecified atom stereocenters. The highest BCUT2D eigenvalue weighted by Gasteiger charge is 2.18. The molecule has 5 aromatic rings. The molecule has 0 fully saturated rings. The SMILES string of the molecule is c1csc(-c2ccc3n2CCCOCCOCCOCCCn2c(-c4cccs4)ccc2-c2ccc-3s2)c1. The quantitative estimate of drug-likeness (QED) is 0.218. The van der Waals surface area contributed by atoms with Crippen LogP contribution in [0.2, 0.25) is 0 Å². The summed E-state index contributed by atoms with van der Waals surface area (Å²) in [6.07, 6.45) is 1.91. The van der Waals surface area contributed by atoms with Gasteiger partial charge in [-0.05, 0) is 72.1 Å². The van der Waals surface area contributed by atoms with Crippen LogP contribution in [0.25, 0.3) is 42.3 Å². The number of hydrogen-bond donors (Lipinski definition) is 0. The number of aromatic nitrogens is 2. The minimum absolute atomic E-state index is 0.605. The molecule has 0 aromatic carbocycles. The molecule has 0 aliphatic carbocycles. The predicted molar refractivity (Wildman–Crippen MR) is 159 cm³/mol. The molecular weight excluding hydrogens is 533 g/mol. The number of rotatable bonds is 2. The first kappa shape index (κ1) is 25.8. The van der Waals surface area contributed by atoms with E-state index in [1.54, 1.807) is 22.7 Å². The maximum absolute atomic E-state index is 5.86. The molecule has 0 spiro atoms. The van der Waals surface area contributed by atoms with Crippen molar-refractivity contribution >= 4 is 34.0 Å². The van der Waals surface area contributed by atoms with Crippen LogP contribution in [0.15, 0.2) is 71.4 Å². The van der Waals surface area contributed by atoms with E-state index in [0.717, 1.165) is 39.1 Å². The Kier molecular flexibility index (Phi) is 8.55. The maximum atomic E-state index is 5.86. The molecule has 5 nitrogen and oxygen atoms in total. The van der Waals surface area contributed by atoms with E-state index in [9.17, 15) is 0 Å². The van der Waals surface area contributed by atoms with Gasteiger partial charge in [0.15, 0.2) is 0 Å². The van der Waals surface area contributed by atoms with Crippen LogP contribution in [-0.2, 0) is 27.3 Å². The van der Waals surface area contributed by atoms with Crippen LogP contribution in [0.5, 0.6) is 0 Å². The number of nitrogens with zero attached hydrogens (tertiary/aromatic N) is 2. The van der Waals surface area contributed by atoms with Crippen molar-refractivity contribution < 1.29 is 14.2 Å². The lowest BCUT2D eigenvalue weighted by Gasteiger charge is -2.14. The van der Waals surface area contributed by atoms with Gasteiger partial charge in [-0.3, -0.25) is 0 Å². The van der Waals surface area contributed by atoms with Crippen molar-refractivity contribution in [3.05, 3.63) is 71.4 Å². The summed E-state index contributed by atoms with van der Waals surface area (Å²) in [6.45, 7) is 5.71. The molecule has 5 aromatic heterocycles. The molecule has 38 heavy (non-hydrogen) atoms. The van der Waals surface area contributed by atoms with Crippen molar-refractivity contribution in [1.29, 1.82) is 0 Å². The molecule has 0 amide bonds. The third-order valence-electron chi connectivity index (χ3n) is 6.70. The highest BCUT2D eigenvalue weighted by Crippen LogP contribution is 2.40. The Balaban J connectivity index is 1.35. The second kappa shape index (κ2) is 12.6. The highest BCUT2D eigenvalue weighted by atomic mass is 32.1. The van der Waals surface area contributed by atoms with Crippen molar-refractivity contribution in [2.75, 3.05) is 39.6 Å². The average Bonchev–Trinajstić information content (AvgIpc) is 3.75. The molecule has 6 rings (SSSR count). The first-order chi connectivity index (χ1) is 18.9. The lowest BCUT2D eigenvalue weighted by molar-refractivity contribution is 0.0129. The Bertz CT molecular complexity index is 1310. The van der Waals surface area contributed by atoms with Gasteiger partial charge in [0.05, 0.1) is 68.7 Å². The summed E-state index contributed by atoms with van der Waals surface area (Å²) in [4.78, 5) is 5.18.